The van der Waals surface area contributed by atoms with E-state index in [0.29, 0.717) is 17.7 Å². The number of carbonyl (C=O) groups excluding carboxylic acids is 1. The summed E-state index contributed by atoms with van der Waals surface area (Å²) < 4.78 is 66.4. The van der Waals surface area contributed by atoms with Crippen LogP contribution < -0.4 is 0 Å². The number of nitrogens with zero attached hydrogens (tertiary/aromatic N) is 2. The van der Waals surface area contributed by atoms with Crippen molar-refractivity contribution in [3.63, 3.8) is 0 Å². The van der Waals surface area contributed by atoms with Crippen molar-refractivity contribution in [1.82, 2.24) is 9.21 Å². The Hall–Kier alpha value is -2.39. The molecule has 1 amide bonds. The summed E-state index contributed by atoms with van der Waals surface area (Å²) in [5.74, 6) is -5.26. The van der Waals surface area contributed by atoms with E-state index in [-0.39, 0.29) is 32.1 Å². The molecule has 1 fully saturated rings. The first-order chi connectivity index (χ1) is 12.7. The number of piperazine rings is 1. The first kappa shape index (κ1) is 19.4. The molecule has 0 N–H and O–H groups in total. The number of carbonyl (C=O) groups is 1. The van der Waals surface area contributed by atoms with Crippen LogP contribution in [0.25, 0.3) is 0 Å². The summed E-state index contributed by atoms with van der Waals surface area (Å²) in [5.41, 5.74) is 1.50. The quantitative estimate of drug-likeness (QED) is 0.747. The van der Waals surface area contributed by atoms with Gasteiger partial charge in [0.2, 0.25) is 10.0 Å². The molecule has 1 aliphatic heterocycles. The molecular formula is C18H17F3N2O3S. The second-order valence-corrected chi connectivity index (χ2v) is 8.14. The zero-order valence-corrected chi connectivity index (χ0v) is 15.3. The van der Waals surface area contributed by atoms with Gasteiger partial charge in [0, 0.05) is 31.7 Å². The Bertz CT molecular complexity index is 970. The van der Waals surface area contributed by atoms with E-state index >= 15 is 0 Å². The Kier molecular flexibility index (Phi) is 5.25. The number of aryl methyl sites for hydroxylation is 1. The lowest BCUT2D eigenvalue weighted by molar-refractivity contribution is 0.0697. The fraction of sp³-hybridized carbons (Fsp3) is 0.278. The summed E-state index contributed by atoms with van der Waals surface area (Å²) in [7, 11) is -4.34. The van der Waals surface area contributed by atoms with Gasteiger partial charge in [0.1, 0.15) is 4.90 Å². The van der Waals surface area contributed by atoms with Gasteiger partial charge in [-0.2, -0.15) is 4.31 Å². The van der Waals surface area contributed by atoms with E-state index in [4.69, 9.17) is 0 Å². The Morgan fingerprint density at radius 3 is 2.07 bits per heavy atom. The van der Waals surface area contributed by atoms with Crippen molar-refractivity contribution in [1.29, 1.82) is 0 Å². The molecular weight excluding hydrogens is 381 g/mol. The smallest absolute Gasteiger partial charge is 0.253 e. The fourth-order valence-corrected chi connectivity index (χ4v) is 4.34. The van der Waals surface area contributed by atoms with Gasteiger partial charge in [0.15, 0.2) is 17.5 Å². The number of sulfonamides is 1. The maximum absolute atomic E-state index is 13.9. The van der Waals surface area contributed by atoms with E-state index in [1.165, 1.54) is 4.90 Å². The van der Waals surface area contributed by atoms with Crippen LogP contribution >= 0.6 is 0 Å². The van der Waals surface area contributed by atoms with Gasteiger partial charge in [-0.25, -0.2) is 21.6 Å². The van der Waals surface area contributed by atoms with Gasteiger partial charge in [-0.15, -0.1) is 0 Å². The van der Waals surface area contributed by atoms with E-state index in [0.717, 1.165) is 9.87 Å². The summed E-state index contributed by atoms with van der Waals surface area (Å²) in [6, 6.07) is 8.27. The molecule has 144 valence electrons. The van der Waals surface area contributed by atoms with Crippen molar-refractivity contribution in [3.05, 3.63) is 65.0 Å². The van der Waals surface area contributed by atoms with Gasteiger partial charge in [0.05, 0.1) is 0 Å². The predicted octanol–water partition coefficient (Wildman–Crippen LogP) is 2.56. The summed E-state index contributed by atoms with van der Waals surface area (Å²) >= 11 is 0. The van der Waals surface area contributed by atoms with Crippen LogP contribution in [-0.4, -0.2) is 49.7 Å². The third-order valence-electron chi connectivity index (χ3n) is 4.44. The summed E-state index contributed by atoms with van der Waals surface area (Å²) in [5, 5.41) is 0. The highest BCUT2D eigenvalue weighted by Gasteiger charge is 2.33. The van der Waals surface area contributed by atoms with Crippen molar-refractivity contribution in [3.8, 4) is 0 Å². The molecule has 0 aliphatic carbocycles. The summed E-state index contributed by atoms with van der Waals surface area (Å²) in [6.45, 7) is 1.97. The molecule has 5 nitrogen and oxygen atoms in total. The molecule has 2 aromatic carbocycles. The number of benzene rings is 2. The molecule has 9 heteroatoms. The molecule has 0 aromatic heterocycles. The number of halogens is 3. The second-order valence-electron chi connectivity index (χ2n) is 6.24. The normalized spacial score (nSPS) is 15.8. The lowest BCUT2D eigenvalue weighted by Crippen LogP contribution is -2.50. The van der Waals surface area contributed by atoms with Crippen molar-refractivity contribution in [2.24, 2.45) is 0 Å². The second kappa shape index (κ2) is 7.32. The first-order valence-corrected chi connectivity index (χ1v) is 9.65. The van der Waals surface area contributed by atoms with Crippen LogP contribution in [-0.2, 0) is 10.0 Å². The molecule has 0 radical (unpaired) electrons. The number of amides is 1. The molecule has 1 saturated heterocycles. The van der Waals surface area contributed by atoms with Crippen LogP contribution in [0.15, 0.2) is 41.3 Å². The van der Waals surface area contributed by atoms with Crippen LogP contribution in [0.5, 0.6) is 0 Å². The molecule has 0 atom stereocenters. The van der Waals surface area contributed by atoms with Crippen LogP contribution in [0.4, 0.5) is 13.2 Å². The first-order valence-electron chi connectivity index (χ1n) is 8.21. The number of hydrogen-bond acceptors (Lipinski definition) is 3. The summed E-state index contributed by atoms with van der Waals surface area (Å²) in [6.07, 6.45) is 0. The van der Waals surface area contributed by atoms with Crippen LogP contribution in [0.3, 0.4) is 0 Å². The fourth-order valence-electron chi connectivity index (χ4n) is 2.86. The SMILES string of the molecule is Cc1ccc(C(=O)N2CCN(S(=O)(=O)c3ccc(F)c(F)c3F)CC2)cc1. The third-order valence-corrected chi connectivity index (χ3v) is 6.36. The van der Waals surface area contributed by atoms with Gasteiger partial charge >= 0.3 is 0 Å². The van der Waals surface area contributed by atoms with Crippen molar-refractivity contribution >= 4 is 15.9 Å². The highest BCUT2D eigenvalue weighted by molar-refractivity contribution is 7.89. The Morgan fingerprint density at radius 1 is 0.889 bits per heavy atom. The third kappa shape index (κ3) is 3.70. The number of rotatable bonds is 3. The van der Waals surface area contributed by atoms with Crippen LogP contribution in [0, 0.1) is 24.4 Å². The minimum Gasteiger partial charge on any atom is -0.336 e. The molecule has 0 unspecified atom stereocenters. The molecule has 0 bridgehead atoms. The average molecular weight is 398 g/mol. The lowest BCUT2D eigenvalue weighted by atomic mass is 10.1. The van der Waals surface area contributed by atoms with Crippen LogP contribution in [0.2, 0.25) is 0 Å². The van der Waals surface area contributed by atoms with Crippen molar-refractivity contribution in [2.75, 3.05) is 26.2 Å². The standard InChI is InChI=1S/C18H17F3N2O3S/c1-12-2-4-13(5-3-12)18(24)22-8-10-23(11-9-22)27(25,26)15-7-6-14(19)16(20)17(15)21/h2-7H,8-11H2,1H3. The van der Waals surface area contributed by atoms with E-state index in [1.807, 2.05) is 6.92 Å². The zero-order valence-electron chi connectivity index (χ0n) is 14.5. The van der Waals surface area contributed by atoms with Gasteiger partial charge < -0.3 is 4.90 Å². The molecule has 1 heterocycles. The highest BCUT2D eigenvalue weighted by Crippen LogP contribution is 2.24. The monoisotopic (exact) mass is 398 g/mol. The maximum Gasteiger partial charge on any atom is 0.253 e. The molecule has 3 rings (SSSR count). The van der Waals surface area contributed by atoms with E-state index in [9.17, 15) is 26.4 Å². The maximum atomic E-state index is 13.9. The van der Waals surface area contributed by atoms with Crippen molar-refractivity contribution in [2.45, 2.75) is 11.8 Å². The van der Waals surface area contributed by atoms with Gasteiger partial charge in [-0.3, -0.25) is 4.79 Å². The van der Waals surface area contributed by atoms with E-state index < -0.39 is 32.4 Å². The lowest BCUT2D eigenvalue weighted by Gasteiger charge is -2.34. The van der Waals surface area contributed by atoms with Gasteiger partial charge in [-0.1, -0.05) is 17.7 Å². The molecule has 0 saturated carbocycles. The zero-order chi connectivity index (χ0) is 19.8. The molecule has 2 aromatic rings. The van der Waals surface area contributed by atoms with Crippen LogP contribution in [0.1, 0.15) is 15.9 Å². The number of hydrogen-bond donors (Lipinski definition) is 0. The predicted molar refractivity (Wildman–Crippen MR) is 92.2 cm³/mol. The van der Waals surface area contributed by atoms with Gasteiger partial charge in [-0.05, 0) is 31.2 Å². The van der Waals surface area contributed by atoms with E-state index in [1.54, 1.807) is 24.3 Å². The minimum absolute atomic E-state index is 0.0711. The molecule has 0 spiro atoms. The average Bonchev–Trinajstić information content (AvgIpc) is 2.66. The van der Waals surface area contributed by atoms with E-state index in [2.05, 4.69) is 0 Å². The largest absolute Gasteiger partial charge is 0.336 e. The van der Waals surface area contributed by atoms with Gasteiger partial charge in [0.25, 0.3) is 5.91 Å². The highest BCUT2D eigenvalue weighted by atomic mass is 32.2. The molecule has 1 aliphatic rings. The Morgan fingerprint density at radius 2 is 1.48 bits per heavy atom. The van der Waals surface area contributed by atoms with Crippen molar-refractivity contribution < 1.29 is 26.4 Å². The topological polar surface area (TPSA) is 57.7 Å². The minimum atomic E-state index is -4.34. The molecule has 27 heavy (non-hydrogen) atoms. The Labute approximate surface area is 155 Å². The summed E-state index contributed by atoms with van der Waals surface area (Å²) in [4.78, 5) is 13.1. The Balaban J connectivity index is 1.74.